The van der Waals surface area contributed by atoms with Gasteiger partial charge in [-0.2, -0.15) is 0 Å². The van der Waals surface area contributed by atoms with Crippen molar-refractivity contribution < 1.29 is 28.9 Å². The van der Waals surface area contributed by atoms with E-state index in [9.17, 15) is 0 Å². The zero-order chi connectivity index (χ0) is 16.3. The van der Waals surface area contributed by atoms with Gasteiger partial charge in [-0.3, -0.25) is 0 Å². The largest absolute Gasteiger partial charge is 0.222 e. The molecule has 0 atom stereocenters. The highest BCUT2D eigenvalue weighted by Crippen LogP contribution is 2.31. The van der Waals surface area contributed by atoms with Crippen LogP contribution in [0.25, 0.3) is 21.5 Å². The molecule has 0 fully saturated rings. The predicted molar refractivity (Wildman–Crippen MR) is 78.9 cm³/mol. The molecule has 3 aromatic rings. The highest BCUT2D eigenvalue weighted by atomic mass is 35.7. The molecule has 0 spiro atoms. The molecule has 0 amide bonds. The van der Waals surface area contributed by atoms with Gasteiger partial charge in [0.1, 0.15) is 12.5 Å². The zero-order valence-electron chi connectivity index (χ0n) is 12.1. The first-order valence-electron chi connectivity index (χ1n) is 6.37. The van der Waals surface area contributed by atoms with E-state index in [2.05, 4.69) is 67.1 Å². The Balaban J connectivity index is 0.000000309. The fourth-order valence-electron chi connectivity index (χ4n) is 2.41. The molecule has 0 aliphatic carbocycles. The Labute approximate surface area is 133 Å². The molecule has 0 unspecified atom stereocenters. The maximum Gasteiger partial charge on any atom is 0.169 e. The van der Waals surface area contributed by atoms with Gasteiger partial charge in [-0.05, 0) is 29.0 Å². The third kappa shape index (κ3) is 4.33. The molecule has 0 N–H and O–H groups in total. The van der Waals surface area contributed by atoms with Crippen molar-refractivity contribution in [3.63, 3.8) is 0 Å². The molecular weight excluding hydrogens is 324 g/mol. The SMILES string of the molecule is C[S+](C)c1c2ccccc2cc2ccccc12.[O-][Cl+3]([O-])([O-])[O-]. The number of benzene rings is 3. The van der Waals surface area contributed by atoms with Gasteiger partial charge < -0.3 is 0 Å². The highest BCUT2D eigenvalue weighted by molar-refractivity contribution is 7.96. The fraction of sp³-hybridized carbons (Fsp3) is 0.125. The van der Waals surface area contributed by atoms with Crippen molar-refractivity contribution in [2.24, 2.45) is 0 Å². The summed E-state index contributed by atoms with van der Waals surface area (Å²) in [7, 11) is -4.67. The Kier molecular flexibility index (Phi) is 5.28. The van der Waals surface area contributed by atoms with Crippen molar-refractivity contribution in [2.75, 3.05) is 12.5 Å². The van der Waals surface area contributed by atoms with Crippen molar-refractivity contribution in [2.45, 2.75) is 4.90 Å². The van der Waals surface area contributed by atoms with Crippen LogP contribution in [0.1, 0.15) is 0 Å². The third-order valence-corrected chi connectivity index (χ3v) is 4.39. The smallest absolute Gasteiger partial charge is 0.169 e. The summed E-state index contributed by atoms with van der Waals surface area (Å²) in [6.45, 7) is 0. The van der Waals surface area contributed by atoms with E-state index in [0.29, 0.717) is 0 Å². The number of hydrogen-bond acceptors (Lipinski definition) is 4. The van der Waals surface area contributed by atoms with Crippen LogP contribution in [0.4, 0.5) is 0 Å². The summed E-state index contributed by atoms with van der Waals surface area (Å²) >= 11 is 0. The third-order valence-electron chi connectivity index (χ3n) is 3.13. The molecule has 0 aromatic heterocycles. The van der Waals surface area contributed by atoms with Gasteiger partial charge >= 0.3 is 0 Å². The van der Waals surface area contributed by atoms with Crippen molar-refractivity contribution in [1.82, 2.24) is 0 Å². The van der Waals surface area contributed by atoms with Gasteiger partial charge in [0.2, 0.25) is 0 Å². The van der Waals surface area contributed by atoms with Crippen LogP contribution in [-0.4, -0.2) is 12.5 Å². The lowest BCUT2D eigenvalue weighted by Crippen LogP contribution is -2.68. The lowest BCUT2D eigenvalue weighted by atomic mass is 10.0. The second-order valence-corrected chi connectivity index (χ2v) is 7.64. The van der Waals surface area contributed by atoms with E-state index in [1.807, 2.05) is 0 Å². The van der Waals surface area contributed by atoms with E-state index in [1.54, 1.807) is 0 Å². The van der Waals surface area contributed by atoms with E-state index in [1.165, 1.54) is 26.4 Å². The summed E-state index contributed by atoms with van der Waals surface area (Å²) in [6, 6.07) is 19.7. The Bertz CT molecular complexity index is 724. The second kappa shape index (κ2) is 6.83. The summed E-state index contributed by atoms with van der Waals surface area (Å²) in [5, 5.41) is 5.50. The van der Waals surface area contributed by atoms with Gasteiger partial charge in [0.15, 0.2) is 4.90 Å². The molecule has 0 bridgehead atoms. The maximum atomic E-state index is 8.49. The molecule has 0 aliphatic heterocycles. The van der Waals surface area contributed by atoms with Gasteiger partial charge in [-0.1, -0.05) is 36.4 Å². The van der Waals surface area contributed by atoms with Gasteiger partial charge in [-0.25, -0.2) is 18.6 Å². The average Bonchev–Trinajstić information content (AvgIpc) is 2.42. The monoisotopic (exact) mass is 338 g/mol. The van der Waals surface area contributed by atoms with E-state index in [4.69, 9.17) is 18.6 Å². The molecule has 6 heteroatoms. The average molecular weight is 339 g/mol. The van der Waals surface area contributed by atoms with E-state index in [-0.39, 0.29) is 10.9 Å². The van der Waals surface area contributed by atoms with Crippen LogP contribution in [0.2, 0.25) is 0 Å². The lowest BCUT2D eigenvalue weighted by Gasteiger charge is -2.17. The lowest BCUT2D eigenvalue weighted by molar-refractivity contribution is -2.00. The minimum Gasteiger partial charge on any atom is -0.222 e. The summed E-state index contributed by atoms with van der Waals surface area (Å²) in [4.78, 5) is 1.50. The van der Waals surface area contributed by atoms with Crippen LogP contribution in [0, 0.1) is 10.2 Å². The van der Waals surface area contributed by atoms with Gasteiger partial charge in [0.05, 0.1) is 0 Å². The summed E-state index contributed by atoms with van der Waals surface area (Å²) in [5.41, 5.74) is 0. The second-order valence-electron chi connectivity index (χ2n) is 4.84. The van der Waals surface area contributed by atoms with Crippen LogP contribution in [-0.2, 0) is 10.9 Å². The van der Waals surface area contributed by atoms with E-state index < -0.39 is 10.2 Å². The van der Waals surface area contributed by atoms with Crippen molar-refractivity contribution >= 4 is 32.4 Å². The molecule has 3 aromatic carbocycles. The predicted octanol–water partition coefficient (Wildman–Crippen LogP) is -0.526. The topological polar surface area (TPSA) is 92.2 Å². The summed E-state index contributed by atoms with van der Waals surface area (Å²) in [5.74, 6) is 0. The number of fused-ring (bicyclic) bond motifs is 2. The quantitative estimate of drug-likeness (QED) is 0.440. The van der Waals surface area contributed by atoms with Crippen LogP contribution >= 0.6 is 0 Å². The fourth-order valence-corrected chi connectivity index (χ4v) is 3.66. The number of halogens is 1. The molecule has 4 nitrogen and oxygen atoms in total. The number of hydrogen-bond donors (Lipinski definition) is 0. The molecule has 0 saturated carbocycles. The van der Waals surface area contributed by atoms with Crippen molar-refractivity contribution in [1.29, 1.82) is 0 Å². The van der Waals surface area contributed by atoms with E-state index in [0.717, 1.165) is 0 Å². The van der Waals surface area contributed by atoms with Crippen molar-refractivity contribution in [3.05, 3.63) is 54.6 Å². The van der Waals surface area contributed by atoms with Gasteiger partial charge in [0.25, 0.3) is 0 Å². The zero-order valence-corrected chi connectivity index (χ0v) is 13.7. The van der Waals surface area contributed by atoms with Gasteiger partial charge in [-0.15, -0.1) is 10.2 Å². The first-order chi connectivity index (χ1) is 10.3. The molecule has 0 radical (unpaired) electrons. The Morgan fingerprint density at radius 3 is 1.45 bits per heavy atom. The van der Waals surface area contributed by atoms with Crippen LogP contribution in [0.15, 0.2) is 59.5 Å². The molecule has 3 rings (SSSR count). The Hall–Kier alpha value is -1.34. The molecule has 0 heterocycles. The van der Waals surface area contributed by atoms with Crippen molar-refractivity contribution in [3.8, 4) is 0 Å². The summed E-state index contributed by atoms with van der Waals surface area (Å²) in [6.07, 6.45) is 4.60. The number of rotatable bonds is 1. The van der Waals surface area contributed by atoms with Crippen LogP contribution in [0.3, 0.4) is 0 Å². The minimum absolute atomic E-state index is 0.272. The molecule has 0 aliphatic rings. The first-order valence-corrected chi connectivity index (χ1v) is 9.65. The maximum absolute atomic E-state index is 8.49. The highest BCUT2D eigenvalue weighted by Gasteiger charge is 2.17. The Morgan fingerprint density at radius 1 is 0.727 bits per heavy atom. The van der Waals surface area contributed by atoms with Crippen LogP contribution in [0.5, 0.6) is 0 Å². The minimum atomic E-state index is -4.94. The standard InChI is InChI=1S/C16H15S.ClHO4/c1-17(2)16-14-9-5-3-7-12(14)11-13-8-4-6-10-15(13)16;2-1(3,4)5/h3-11H,1-2H3;(H,2,3,4,5)/q+1;/p-1. The Morgan fingerprint density at radius 2 is 1.09 bits per heavy atom. The molecule has 116 valence electrons. The van der Waals surface area contributed by atoms with Crippen LogP contribution < -0.4 is 18.6 Å². The molecule has 22 heavy (non-hydrogen) atoms. The summed E-state index contributed by atoms with van der Waals surface area (Å²) < 4.78 is 34.0. The normalized spacial score (nSPS) is 11.6. The van der Waals surface area contributed by atoms with E-state index >= 15 is 0 Å². The van der Waals surface area contributed by atoms with Gasteiger partial charge in [0, 0.05) is 21.7 Å². The first kappa shape index (κ1) is 17.0. The molecular formula is C16H15ClO4S. The molecule has 0 saturated heterocycles.